The molecule has 0 aliphatic rings. The molecule has 0 bridgehead atoms. The van der Waals surface area contributed by atoms with Crippen LogP contribution in [0.2, 0.25) is 0 Å². The van der Waals surface area contributed by atoms with Crippen LogP contribution in [-0.2, 0) is 14.3 Å². The Morgan fingerprint density at radius 2 is 2.00 bits per heavy atom. The summed E-state index contributed by atoms with van der Waals surface area (Å²) in [4.78, 5) is 20.8. The maximum atomic E-state index is 11.7. The molecular weight excluding hydrogens is 219 g/mol. The van der Waals surface area contributed by atoms with Crippen LogP contribution < -0.4 is 5.32 Å². The maximum absolute atomic E-state index is 11.7. The topological polar surface area (TPSA) is 75.6 Å². The molecule has 0 radical (unpaired) electrons. The predicted molar refractivity (Wildman–Crippen MR) is 42.1 cm³/mol. The molecule has 88 valence electrons. The first kappa shape index (κ1) is 13.7. The highest BCUT2D eigenvalue weighted by Crippen LogP contribution is 2.14. The van der Waals surface area contributed by atoms with E-state index >= 15 is 0 Å². The first-order valence-electron chi connectivity index (χ1n) is 3.97. The highest BCUT2D eigenvalue weighted by molar-refractivity contribution is 5.86. The summed E-state index contributed by atoms with van der Waals surface area (Å²) in [6, 6.07) is -1.70. The summed E-state index contributed by atoms with van der Waals surface area (Å²) < 4.78 is 39.9. The van der Waals surface area contributed by atoms with Crippen LogP contribution in [0.3, 0.4) is 0 Å². The molecule has 2 N–H and O–H groups in total. The maximum Gasteiger partial charge on any atom is 0.471 e. The van der Waals surface area contributed by atoms with Gasteiger partial charge in [0.15, 0.2) is 6.04 Å². The van der Waals surface area contributed by atoms with Crippen molar-refractivity contribution in [3.63, 3.8) is 0 Å². The summed E-state index contributed by atoms with van der Waals surface area (Å²) >= 11 is 0. The zero-order valence-corrected chi connectivity index (χ0v) is 7.80. The van der Waals surface area contributed by atoms with Gasteiger partial charge in [-0.05, 0) is 6.92 Å². The summed E-state index contributed by atoms with van der Waals surface area (Å²) in [5.41, 5.74) is 0. The van der Waals surface area contributed by atoms with E-state index in [4.69, 9.17) is 5.11 Å². The molecule has 1 amide bonds. The smallest absolute Gasteiger partial charge is 0.471 e. The second-order valence-corrected chi connectivity index (χ2v) is 2.52. The minimum Gasteiger partial charge on any atom is -0.480 e. The number of carboxylic acid groups (broad SMARTS) is 1. The second-order valence-electron chi connectivity index (χ2n) is 2.52. The molecule has 0 fully saturated rings. The number of halogens is 3. The Kier molecular flexibility index (Phi) is 5.06. The Hall–Kier alpha value is -1.31. The fourth-order valence-electron chi connectivity index (χ4n) is 0.650. The van der Waals surface area contributed by atoms with Crippen molar-refractivity contribution in [1.82, 2.24) is 5.32 Å². The van der Waals surface area contributed by atoms with E-state index in [-0.39, 0.29) is 6.61 Å². The zero-order chi connectivity index (χ0) is 12.1. The number of hydrogen-bond donors (Lipinski definition) is 2. The third-order valence-electron chi connectivity index (χ3n) is 1.35. The van der Waals surface area contributed by atoms with E-state index < -0.39 is 30.7 Å². The molecule has 8 heteroatoms. The Balaban J connectivity index is 4.29. The third-order valence-corrected chi connectivity index (χ3v) is 1.35. The first-order chi connectivity index (χ1) is 6.79. The van der Waals surface area contributed by atoms with E-state index in [2.05, 4.69) is 4.74 Å². The van der Waals surface area contributed by atoms with Gasteiger partial charge in [-0.15, -0.1) is 0 Å². The number of alkyl halides is 3. The minimum absolute atomic E-state index is 0.145. The Morgan fingerprint density at radius 1 is 1.47 bits per heavy atom. The zero-order valence-electron chi connectivity index (χ0n) is 7.80. The van der Waals surface area contributed by atoms with Gasteiger partial charge in [-0.25, -0.2) is 4.79 Å². The molecule has 0 aromatic heterocycles. The molecular formula is C7H10F3NO4. The molecule has 0 aliphatic carbocycles. The van der Waals surface area contributed by atoms with Crippen molar-refractivity contribution in [2.24, 2.45) is 0 Å². The molecule has 0 aromatic carbocycles. The van der Waals surface area contributed by atoms with E-state index in [0.29, 0.717) is 0 Å². The lowest BCUT2D eigenvalue weighted by Gasteiger charge is -2.15. The van der Waals surface area contributed by atoms with Crippen LogP contribution in [0.15, 0.2) is 0 Å². The van der Waals surface area contributed by atoms with Crippen LogP contribution in [-0.4, -0.2) is 42.4 Å². The third kappa shape index (κ3) is 5.21. The summed E-state index contributed by atoms with van der Waals surface area (Å²) in [5, 5.41) is 9.76. The van der Waals surface area contributed by atoms with E-state index in [1.807, 2.05) is 0 Å². The number of hydrogen-bond acceptors (Lipinski definition) is 3. The van der Waals surface area contributed by atoms with Crippen molar-refractivity contribution in [3.05, 3.63) is 0 Å². The largest absolute Gasteiger partial charge is 0.480 e. The Labute approximate surface area is 83.2 Å². The molecule has 0 heterocycles. The van der Waals surface area contributed by atoms with Gasteiger partial charge in [0.05, 0.1) is 6.61 Å². The van der Waals surface area contributed by atoms with Crippen molar-refractivity contribution in [2.75, 3.05) is 13.2 Å². The average molecular weight is 229 g/mol. The summed E-state index contributed by atoms with van der Waals surface area (Å²) in [5.74, 6) is -3.88. The quantitative estimate of drug-likeness (QED) is 0.703. The van der Waals surface area contributed by atoms with Crippen LogP contribution in [0.5, 0.6) is 0 Å². The van der Waals surface area contributed by atoms with Gasteiger partial charge in [0.2, 0.25) is 0 Å². The normalized spacial score (nSPS) is 13.3. The van der Waals surface area contributed by atoms with Crippen molar-refractivity contribution < 1.29 is 32.6 Å². The van der Waals surface area contributed by atoms with E-state index in [0.717, 1.165) is 0 Å². The Morgan fingerprint density at radius 3 is 2.33 bits per heavy atom. The molecule has 1 atom stereocenters. The molecule has 0 rings (SSSR count). The van der Waals surface area contributed by atoms with Crippen LogP contribution in [0.1, 0.15) is 6.92 Å². The molecule has 0 saturated heterocycles. The molecule has 0 aliphatic heterocycles. The number of carbonyl (C=O) groups excluding carboxylic acids is 1. The Bertz CT molecular complexity index is 241. The van der Waals surface area contributed by atoms with Crippen molar-refractivity contribution >= 4 is 11.9 Å². The van der Waals surface area contributed by atoms with Gasteiger partial charge < -0.3 is 15.2 Å². The molecule has 0 unspecified atom stereocenters. The lowest BCUT2D eigenvalue weighted by atomic mass is 10.3. The van der Waals surface area contributed by atoms with Gasteiger partial charge in [-0.1, -0.05) is 0 Å². The summed E-state index contributed by atoms with van der Waals surface area (Å²) in [6.45, 7) is 1.18. The van der Waals surface area contributed by atoms with Crippen LogP contribution in [0.25, 0.3) is 0 Å². The number of ether oxygens (including phenoxy) is 1. The van der Waals surface area contributed by atoms with Gasteiger partial charge in [0.1, 0.15) is 0 Å². The fraction of sp³-hybridized carbons (Fsp3) is 0.714. The highest BCUT2D eigenvalue weighted by atomic mass is 19.4. The lowest BCUT2D eigenvalue weighted by Crippen LogP contribution is -2.49. The van der Waals surface area contributed by atoms with Crippen LogP contribution in [0.4, 0.5) is 13.2 Å². The standard InChI is InChI=1S/C7H10F3NO4/c1-2-15-3-4(5(12)13)11-6(14)7(8,9)10/h4H,2-3H2,1H3,(H,11,14)(H,12,13)/t4-/m0/s1. The van der Waals surface area contributed by atoms with Crippen molar-refractivity contribution in [2.45, 2.75) is 19.1 Å². The van der Waals surface area contributed by atoms with Gasteiger partial charge >= 0.3 is 18.1 Å². The molecule has 5 nitrogen and oxygen atoms in total. The van der Waals surface area contributed by atoms with E-state index in [9.17, 15) is 22.8 Å². The number of aliphatic carboxylic acids is 1. The van der Waals surface area contributed by atoms with Crippen molar-refractivity contribution in [1.29, 1.82) is 0 Å². The highest BCUT2D eigenvalue weighted by Gasteiger charge is 2.40. The molecule has 0 spiro atoms. The second kappa shape index (κ2) is 5.54. The van der Waals surface area contributed by atoms with Crippen LogP contribution >= 0.6 is 0 Å². The molecule has 15 heavy (non-hydrogen) atoms. The van der Waals surface area contributed by atoms with E-state index in [1.54, 1.807) is 6.92 Å². The van der Waals surface area contributed by atoms with Gasteiger partial charge in [-0.2, -0.15) is 13.2 Å². The minimum atomic E-state index is -5.10. The first-order valence-corrected chi connectivity index (χ1v) is 3.97. The number of carbonyl (C=O) groups is 2. The van der Waals surface area contributed by atoms with Crippen molar-refractivity contribution in [3.8, 4) is 0 Å². The summed E-state index contributed by atoms with van der Waals surface area (Å²) in [7, 11) is 0. The van der Waals surface area contributed by atoms with E-state index in [1.165, 1.54) is 5.32 Å². The van der Waals surface area contributed by atoms with Gasteiger partial charge in [-0.3, -0.25) is 4.79 Å². The fourth-order valence-corrected chi connectivity index (χ4v) is 0.650. The molecule has 0 aromatic rings. The SMILES string of the molecule is CCOC[C@H](NC(=O)C(F)(F)F)C(=O)O. The number of rotatable bonds is 5. The lowest BCUT2D eigenvalue weighted by molar-refractivity contribution is -0.176. The number of carboxylic acids is 1. The van der Waals surface area contributed by atoms with Gasteiger partial charge in [0, 0.05) is 6.61 Å². The predicted octanol–water partition coefficient (Wildman–Crippen LogP) is 0.155. The average Bonchev–Trinajstić information content (AvgIpc) is 2.09. The number of amides is 1. The monoisotopic (exact) mass is 229 g/mol. The number of nitrogens with one attached hydrogen (secondary N) is 1. The van der Waals surface area contributed by atoms with Crippen LogP contribution in [0, 0.1) is 0 Å². The molecule has 0 saturated carbocycles. The summed E-state index contributed by atoms with van der Waals surface area (Å²) in [6.07, 6.45) is -5.10. The van der Waals surface area contributed by atoms with Gasteiger partial charge in [0.25, 0.3) is 0 Å².